The summed E-state index contributed by atoms with van der Waals surface area (Å²) >= 11 is 0. The minimum atomic E-state index is -0.0178. The van der Waals surface area contributed by atoms with Crippen molar-refractivity contribution in [1.82, 2.24) is 5.32 Å². The highest BCUT2D eigenvalue weighted by atomic mass is 16.5. The van der Waals surface area contributed by atoms with Gasteiger partial charge in [0, 0.05) is 13.0 Å². The van der Waals surface area contributed by atoms with Gasteiger partial charge in [0.05, 0.1) is 63.5 Å². The quantitative estimate of drug-likeness (QED) is 0.542. The summed E-state index contributed by atoms with van der Waals surface area (Å²) in [6.07, 6.45) is 1.15. The molecule has 0 aliphatic carbocycles. The molecular formula is C12H18N4O2. The van der Waals surface area contributed by atoms with Gasteiger partial charge in [0.2, 0.25) is 0 Å². The molecule has 0 rings (SSSR count). The van der Waals surface area contributed by atoms with E-state index in [4.69, 9.17) is 25.3 Å². The Morgan fingerprint density at radius 1 is 0.833 bits per heavy atom. The van der Waals surface area contributed by atoms with Crippen LogP contribution in [-0.2, 0) is 9.47 Å². The van der Waals surface area contributed by atoms with Gasteiger partial charge in [0.15, 0.2) is 0 Å². The molecule has 18 heavy (non-hydrogen) atoms. The van der Waals surface area contributed by atoms with E-state index in [1.165, 1.54) is 0 Å². The van der Waals surface area contributed by atoms with E-state index in [1.807, 2.05) is 18.2 Å². The number of hydrogen-bond acceptors (Lipinski definition) is 6. The first kappa shape index (κ1) is 16.4. The van der Waals surface area contributed by atoms with Gasteiger partial charge in [-0.15, -0.1) is 0 Å². The van der Waals surface area contributed by atoms with Gasteiger partial charge < -0.3 is 14.8 Å². The summed E-state index contributed by atoms with van der Waals surface area (Å²) in [5, 5.41) is 28.3. The van der Waals surface area contributed by atoms with Gasteiger partial charge in [-0.2, -0.15) is 15.8 Å². The van der Waals surface area contributed by atoms with Crippen molar-refractivity contribution in [2.75, 3.05) is 33.0 Å². The topological polar surface area (TPSA) is 102 Å². The predicted octanol–water partition coefficient (Wildman–Crippen LogP) is 0.719. The van der Waals surface area contributed by atoms with Crippen LogP contribution in [0.15, 0.2) is 0 Å². The average Bonchev–Trinajstić information content (AvgIpc) is 2.39. The molecule has 0 aromatic carbocycles. The highest BCUT2D eigenvalue weighted by Gasteiger charge is 2.08. The van der Waals surface area contributed by atoms with Crippen LogP contribution in [0.1, 0.15) is 19.3 Å². The van der Waals surface area contributed by atoms with Crippen LogP contribution >= 0.6 is 0 Å². The highest BCUT2D eigenvalue weighted by Crippen LogP contribution is 1.92. The molecule has 0 unspecified atom stereocenters. The van der Waals surface area contributed by atoms with E-state index in [9.17, 15) is 0 Å². The molecule has 0 heterocycles. The number of ether oxygens (including phenoxy) is 2. The second-order valence-electron chi connectivity index (χ2n) is 3.53. The molecule has 98 valence electrons. The van der Waals surface area contributed by atoms with E-state index in [0.717, 1.165) is 0 Å². The highest BCUT2D eigenvalue weighted by molar-refractivity contribution is 4.74. The second-order valence-corrected chi connectivity index (χ2v) is 3.53. The minimum Gasteiger partial charge on any atom is -0.379 e. The van der Waals surface area contributed by atoms with E-state index >= 15 is 0 Å². The molecule has 0 aromatic rings. The first-order valence-electron chi connectivity index (χ1n) is 5.84. The molecule has 0 saturated carbocycles. The number of nitrogens with one attached hydrogen (secondary N) is 1. The van der Waals surface area contributed by atoms with Gasteiger partial charge in [-0.25, -0.2) is 0 Å². The summed E-state index contributed by atoms with van der Waals surface area (Å²) in [4.78, 5) is 0. The van der Waals surface area contributed by atoms with Crippen molar-refractivity contribution in [2.45, 2.75) is 25.3 Å². The molecule has 0 amide bonds. The monoisotopic (exact) mass is 250 g/mol. The third-order valence-corrected chi connectivity index (χ3v) is 2.02. The predicted molar refractivity (Wildman–Crippen MR) is 64.1 cm³/mol. The van der Waals surface area contributed by atoms with Gasteiger partial charge in [0.1, 0.15) is 0 Å². The first-order chi connectivity index (χ1) is 8.85. The maximum atomic E-state index is 8.45. The maximum absolute atomic E-state index is 8.45. The molecule has 0 radical (unpaired) electrons. The number of nitriles is 3. The smallest absolute Gasteiger partial charge is 0.0645 e. The van der Waals surface area contributed by atoms with Crippen molar-refractivity contribution < 1.29 is 9.47 Å². The van der Waals surface area contributed by atoms with Crippen LogP contribution < -0.4 is 5.32 Å². The van der Waals surface area contributed by atoms with E-state index in [2.05, 4.69) is 5.32 Å². The fourth-order valence-electron chi connectivity index (χ4n) is 1.18. The third-order valence-electron chi connectivity index (χ3n) is 2.02. The van der Waals surface area contributed by atoms with Gasteiger partial charge in [-0.1, -0.05) is 0 Å². The molecule has 6 heteroatoms. The van der Waals surface area contributed by atoms with Crippen LogP contribution in [0.25, 0.3) is 0 Å². The first-order valence-corrected chi connectivity index (χ1v) is 5.84. The van der Waals surface area contributed by atoms with Crippen LogP contribution in [0, 0.1) is 34.0 Å². The summed E-state index contributed by atoms with van der Waals surface area (Å²) in [6.45, 7) is 2.22. The molecule has 0 aliphatic rings. The Kier molecular flexibility index (Phi) is 12.2. The molecule has 0 bridgehead atoms. The van der Waals surface area contributed by atoms with Gasteiger partial charge in [-0.3, -0.25) is 0 Å². The lowest BCUT2D eigenvalue weighted by atomic mass is 10.3. The lowest BCUT2D eigenvalue weighted by Gasteiger charge is -2.17. The molecule has 0 saturated heterocycles. The van der Waals surface area contributed by atoms with Gasteiger partial charge >= 0.3 is 0 Å². The summed E-state index contributed by atoms with van der Waals surface area (Å²) in [6, 6.07) is 6.02. The standard InChI is InChI=1S/C12H18N4O2/c13-4-1-7-16-12(10-17-8-2-5-14)11-18-9-3-6-15/h12,16H,1-3,7-11H2. The van der Waals surface area contributed by atoms with Crippen LogP contribution in [0.4, 0.5) is 0 Å². The largest absolute Gasteiger partial charge is 0.379 e. The van der Waals surface area contributed by atoms with Crippen LogP contribution in [0.2, 0.25) is 0 Å². The SMILES string of the molecule is N#CCCNC(COCCC#N)COCCC#N. The Bertz CT molecular complexity index is 292. The molecule has 0 fully saturated rings. The summed E-state index contributed by atoms with van der Waals surface area (Å²) in [7, 11) is 0. The zero-order valence-electron chi connectivity index (χ0n) is 10.4. The van der Waals surface area contributed by atoms with Crippen molar-refractivity contribution in [3.63, 3.8) is 0 Å². The van der Waals surface area contributed by atoms with E-state index < -0.39 is 0 Å². The van der Waals surface area contributed by atoms with Crippen LogP contribution in [-0.4, -0.2) is 39.0 Å². The summed E-state index contributed by atoms with van der Waals surface area (Å²) < 4.78 is 10.6. The van der Waals surface area contributed by atoms with E-state index in [0.29, 0.717) is 52.2 Å². The van der Waals surface area contributed by atoms with E-state index in [-0.39, 0.29) is 6.04 Å². The lowest BCUT2D eigenvalue weighted by Crippen LogP contribution is -2.38. The summed E-state index contributed by atoms with van der Waals surface area (Å²) in [5.41, 5.74) is 0. The van der Waals surface area contributed by atoms with Crippen molar-refractivity contribution in [3.05, 3.63) is 0 Å². The Hall–Kier alpha value is -1.65. The normalized spacial score (nSPS) is 9.67. The zero-order valence-corrected chi connectivity index (χ0v) is 10.4. The van der Waals surface area contributed by atoms with Crippen molar-refractivity contribution in [3.8, 4) is 18.2 Å². The number of hydrogen-bond donors (Lipinski definition) is 1. The van der Waals surface area contributed by atoms with Crippen molar-refractivity contribution >= 4 is 0 Å². The molecule has 0 aliphatic heterocycles. The van der Waals surface area contributed by atoms with Gasteiger partial charge in [-0.05, 0) is 0 Å². The van der Waals surface area contributed by atoms with Crippen molar-refractivity contribution in [2.24, 2.45) is 0 Å². The Labute approximate surface area is 108 Å². The molecule has 1 N–H and O–H groups in total. The maximum Gasteiger partial charge on any atom is 0.0645 e. The Balaban J connectivity index is 3.74. The minimum absolute atomic E-state index is 0.0178. The molecular weight excluding hydrogens is 232 g/mol. The Morgan fingerprint density at radius 3 is 1.78 bits per heavy atom. The molecule has 0 spiro atoms. The molecule has 0 aromatic heterocycles. The number of nitrogens with zero attached hydrogens (tertiary/aromatic N) is 3. The lowest BCUT2D eigenvalue weighted by molar-refractivity contribution is 0.0597. The average molecular weight is 250 g/mol. The molecule has 0 atom stereocenters. The second kappa shape index (κ2) is 13.4. The van der Waals surface area contributed by atoms with Crippen LogP contribution in [0.5, 0.6) is 0 Å². The fourth-order valence-corrected chi connectivity index (χ4v) is 1.18. The molecule has 6 nitrogen and oxygen atoms in total. The summed E-state index contributed by atoms with van der Waals surface area (Å²) in [5.74, 6) is 0. The Morgan fingerprint density at radius 2 is 1.33 bits per heavy atom. The number of rotatable bonds is 11. The van der Waals surface area contributed by atoms with Crippen molar-refractivity contribution in [1.29, 1.82) is 15.8 Å². The van der Waals surface area contributed by atoms with Gasteiger partial charge in [0.25, 0.3) is 0 Å². The fraction of sp³-hybridized carbons (Fsp3) is 0.750. The third kappa shape index (κ3) is 10.9. The zero-order chi connectivity index (χ0) is 13.5. The van der Waals surface area contributed by atoms with Crippen LogP contribution in [0.3, 0.4) is 0 Å². The van der Waals surface area contributed by atoms with E-state index in [1.54, 1.807) is 0 Å².